The maximum Gasteiger partial charge on any atom is 0.255 e. The number of nitrogens with two attached hydrogens (primary N) is 1. The molecule has 2 fully saturated rings. The minimum atomic E-state index is -0.503. The smallest absolute Gasteiger partial charge is 0.255 e. The molecule has 0 unspecified atom stereocenters. The molecule has 3 atom stereocenters. The van der Waals surface area contributed by atoms with Gasteiger partial charge in [0.2, 0.25) is 5.91 Å². The molecule has 7 heteroatoms. The average Bonchev–Trinajstić information content (AvgIpc) is 3.26. The number of amides is 2. The van der Waals surface area contributed by atoms with Crippen LogP contribution in [0.3, 0.4) is 0 Å². The zero-order valence-corrected chi connectivity index (χ0v) is 17.8. The molecule has 2 aliphatic heterocycles. The summed E-state index contributed by atoms with van der Waals surface area (Å²) in [5, 5.41) is 3.13. The van der Waals surface area contributed by atoms with Crippen LogP contribution in [0.25, 0.3) is 0 Å². The second-order valence-corrected chi connectivity index (χ2v) is 8.83. The molecule has 0 aromatic carbocycles. The number of pyridine rings is 1. The van der Waals surface area contributed by atoms with Gasteiger partial charge < -0.3 is 20.7 Å². The van der Waals surface area contributed by atoms with E-state index in [9.17, 15) is 9.59 Å². The van der Waals surface area contributed by atoms with Crippen LogP contribution in [0.1, 0.15) is 62.7 Å². The number of ether oxygens (including phenoxy) is 1. The van der Waals surface area contributed by atoms with E-state index in [1.807, 2.05) is 4.90 Å². The molecule has 3 heterocycles. The molecule has 160 valence electrons. The molecule has 2 bridgehead atoms. The quantitative estimate of drug-likeness (QED) is 0.619. The van der Waals surface area contributed by atoms with E-state index >= 15 is 0 Å². The van der Waals surface area contributed by atoms with Crippen molar-refractivity contribution in [2.24, 2.45) is 11.3 Å². The topological polar surface area (TPSA) is 97.5 Å². The van der Waals surface area contributed by atoms with Crippen LogP contribution in [0.15, 0.2) is 18.3 Å². The first-order valence-electron chi connectivity index (χ1n) is 10.7. The van der Waals surface area contributed by atoms with Crippen LogP contribution in [0, 0.1) is 11.3 Å². The van der Waals surface area contributed by atoms with Crippen molar-refractivity contribution in [3.63, 3.8) is 0 Å². The molecule has 0 aliphatic carbocycles. The number of hydrogen-bond acceptors (Lipinski definition) is 5. The summed E-state index contributed by atoms with van der Waals surface area (Å²) in [4.78, 5) is 32.7. The van der Waals surface area contributed by atoms with Crippen molar-refractivity contribution >= 4 is 17.6 Å². The Bertz CT molecular complexity index is 721. The average molecular weight is 403 g/mol. The third kappa shape index (κ3) is 4.39. The van der Waals surface area contributed by atoms with Crippen molar-refractivity contribution in [3.8, 4) is 0 Å². The second-order valence-electron chi connectivity index (χ2n) is 8.83. The number of fused-ring (bicyclic) bond motifs is 2. The minimum absolute atomic E-state index is 0.0383. The Morgan fingerprint density at radius 1 is 1.38 bits per heavy atom. The number of carbonyl (C=O) groups is 2. The molecule has 7 nitrogen and oxygen atoms in total. The molecule has 0 radical (unpaired) electrons. The Hall–Kier alpha value is -2.15. The number of hydrogen-bond donors (Lipinski definition) is 2. The molecule has 0 saturated carbocycles. The summed E-state index contributed by atoms with van der Waals surface area (Å²) in [7, 11) is 1.66. The monoisotopic (exact) mass is 402 g/mol. The van der Waals surface area contributed by atoms with Gasteiger partial charge in [0.25, 0.3) is 5.91 Å². The molecule has 1 aromatic rings. The van der Waals surface area contributed by atoms with Crippen LogP contribution in [0.2, 0.25) is 0 Å². The highest BCUT2D eigenvalue weighted by Gasteiger charge is 2.60. The number of carbonyl (C=O) groups excluding carboxylic acids is 2. The van der Waals surface area contributed by atoms with E-state index in [4.69, 9.17) is 10.5 Å². The number of nitrogens with zero attached hydrogens (tertiary/aromatic N) is 2. The number of aromatic nitrogens is 1. The lowest BCUT2D eigenvalue weighted by molar-refractivity contribution is -0.133. The van der Waals surface area contributed by atoms with Crippen molar-refractivity contribution in [1.29, 1.82) is 0 Å². The summed E-state index contributed by atoms with van der Waals surface area (Å²) in [5.74, 6) is 0.962. The van der Waals surface area contributed by atoms with Gasteiger partial charge in [-0.15, -0.1) is 0 Å². The predicted octanol–water partition coefficient (Wildman–Crippen LogP) is 2.62. The lowest BCUT2D eigenvalue weighted by Gasteiger charge is -2.36. The molecule has 0 spiro atoms. The van der Waals surface area contributed by atoms with Gasteiger partial charge in [0.1, 0.15) is 5.82 Å². The fourth-order valence-corrected chi connectivity index (χ4v) is 4.94. The first kappa shape index (κ1) is 21.6. The van der Waals surface area contributed by atoms with Crippen molar-refractivity contribution in [3.05, 3.63) is 23.9 Å². The van der Waals surface area contributed by atoms with E-state index in [1.165, 1.54) is 6.20 Å². The SMILES string of the molecule is COCCCNC(=O)[C@@]1(CCC(C)C)C[C@H]2CC[C@@H]1N2C(=O)c1ccc(N)nc1. The summed E-state index contributed by atoms with van der Waals surface area (Å²) in [6, 6.07) is 3.43. The van der Waals surface area contributed by atoms with Crippen LogP contribution in [-0.4, -0.2) is 54.0 Å². The van der Waals surface area contributed by atoms with E-state index in [0.29, 0.717) is 30.5 Å². The molecule has 3 rings (SSSR count). The summed E-state index contributed by atoms with van der Waals surface area (Å²) >= 11 is 0. The van der Waals surface area contributed by atoms with Gasteiger partial charge >= 0.3 is 0 Å². The highest BCUT2D eigenvalue weighted by molar-refractivity contribution is 5.96. The highest BCUT2D eigenvalue weighted by atomic mass is 16.5. The molecule has 2 amide bonds. The Labute approximate surface area is 173 Å². The largest absolute Gasteiger partial charge is 0.385 e. The summed E-state index contributed by atoms with van der Waals surface area (Å²) in [5.41, 5.74) is 5.70. The lowest BCUT2D eigenvalue weighted by Crippen LogP contribution is -2.50. The summed E-state index contributed by atoms with van der Waals surface area (Å²) < 4.78 is 5.09. The fourth-order valence-electron chi connectivity index (χ4n) is 4.94. The first-order valence-corrected chi connectivity index (χ1v) is 10.7. The van der Waals surface area contributed by atoms with Gasteiger partial charge in [-0.25, -0.2) is 4.98 Å². The number of rotatable bonds is 9. The predicted molar refractivity (Wildman–Crippen MR) is 112 cm³/mol. The Morgan fingerprint density at radius 2 is 2.17 bits per heavy atom. The third-order valence-electron chi connectivity index (χ3n) is 6.44. The van der Waals surface area contributed by atoms with Crippen LogP contribution < -0.4 is 11.1 Å². The summed E-state index contributed by atoms with van der Waals surface area (Å²) in [6.45, 7) is 5.59. The van der Waals surface area contributed by atoms with Gasteiger partial charge in [0, 0.05) is 38.5 Å². The van der Waals surface area contributed by atoms with E-state index in [0.717, 1.165) is 38.5 Å². The van der Waals surface area contributed by atoms with Crippen LogP contribution in [0.5, 0.6) is 0 Å². The highest BCUT2D eigenvalue weighted by Crippen LogP contribution is 2.53. The van der Waals surface area contributed by atoms with Gasteiger partial charge in [-0.1, -0.05) is 13.8 Å². The van der Waals surface area contributed by atoms with E-state index in [1.54, 1.807) is 19.2 Å². The van der Waals surface area contributed by atoms with Gasteiger partial charge in [-0.3, -0.25) is 9.59 Å². The van der Waals surface area contributed by atoms with Gasteiger partial charge in [0.05, 0.1) is 11.0 Å². The van der Waals surface area contributed by atoms with Crippen LogP contribution in [0.4, 0.5) is 5.82 Å². The zero-order chi connectivity index (χ0) is 21.0. The number of anilines is 1. The molecular weight excluding hydrogens is 368 g/mol. The van der Waals surface area contributed by atoms with E-state index in [2.05, 4.69) is 24.1 Å². The van der Waals surface area contributed by atoms with Crippen LogP contribution in [-0.2, 0) is 9.53 Å². The minimum Gasteiger partial charge on any atom is -0.385 e. The van der Waals surface area contributed by atoms with Crippen molar-refractivity contribution in [2.75, 3.05) is 26.0 Å². The normalized spacial score (nSPS) is 25.6. The maximum atomic E-state index is 13.4. The third-order valence-corrected chi connectivity index (χ3v) is 6.44. The standard InChI is InChI=1S/C22H34N4O3/c1-15(2)9-10-22(21(28)24-11-4-12-29-3)13-17-6-7-18(22)26(17)20(27)16-5-8-19(23)25-14-16/h5,8,14-15,17-18H,4,6-7,9-13H2,1-3H3,(H2,23,25)(H,24,28)/t17-,18+,22+/m1/s1. The van der Waals surface area contributed by atoms with E-state index < -0.39 is 5.41 Å². The molecule has 2 aliphatic rings. The van der Waals surface area contributed by atoms with Gasteiger partial charge in [0.15, 0.2) is 0 Å². The molecule has 3 N–H and O–H groups in total. The number of nitrogens with one attached hydrogen (secondary N) is 1. The Morgan fingerprint density at radius 3 is 2.83 bits per heavy atom. The molecule has 29 heavy (non-hydrogen) atoms. The second kappa shape index (κ2) is 9.11. The summed E-state index contributed by atoms with van der Waals surface area (Å²) in [6.07, 6.45) is 6.69. The maximum absolute atomic E-state index is 13.4. The first-order chi connectivity index (χ1) is 13.9. The van der Waals surface area contributed by atoms with Crippen molar-refractivity contribution in [2.45, 2.75) is 64.5 Å². The van der Waals surface area contributed by atoms with Crippen LogP contribution >= 0.6 is 0 Å². The van der Waals surface area contributed by atoms with Crippen molar-refractivity contribution < 1.29 is 14.3 Å². The zero-order valence-electron chi connectivity index (χ0n) is 17.8. The van der Waals surface area contributed by atoms with Gasteiger partial charge in [-0.2, -0.15) is 0 Å². The lowest BCUT2D eigenvalue weighted by atomic mass is 9.69. The molecule has 2 saturated heterocycles. The fraction of sp³-hybridized carbons (Fsp3) is 0.682. The Kier molecular flexibility index (Phi) is 6.77. The molecule has 1 aromatic heterocycles. The van der Waals surface area contributed by atoms with Crippen molar-refractivity contribution in [1.82, 2.24) is 15.2 Å². The number of methoxy groups -OCH3 is 1. The van der Waals surface area contributed by atoms with Gasteiger partial charge in [-0.05, 0) is 56.6 Å². The number of nitrogen functional groups attached to an aromatic ring is 1. The Balaban J connectivity index is 1.81. The van der Waals surface area contributed by atoms with E-state index in [-0.39, 0.29) is 23.9 Å². The molecular formula is C22H34N4O3.